The summed E-state index contributed by atoms with van der Waals surface area (Å²) >= 11 is 1.49. The number of hydrogen-bond donors (Lipinski definition) is 3. The van der Waals surface area contributed by atoms with Crippen molar-refractivity contribution in [2.45, 2.75) is 55.6 Å². The van der Waals surface area contributed by atoms with Crippen LogP contribution in [-0.4, -0.2) is 62.2 Å². The molecule has 3 N–H and O–H groups in total. The molecular formula is C19H25ClN2O5S. The number of thioether (sulfide) groups is 1. The molecule has 2 aliphatic rings. The molecule has 2 saturated heterocycles. The number of amides is 1. The molecule has 2 heterocycles. The molecule has 7 nitrogen and oxygen atoms in total. The van der Waals surface area contributed by atoms with E-state index in [0.29, 0.717) is 25.0 Å². The number of aliphatic carboxylic acids is 2. The van der Waals surface area contributed by atoms with Crippen LogP contribution < -0.4 is 5.32 Å². The molecule has 0 aliphatic carbocycles. The second kappa shape index (κ2) is 10.1. The Hall–Kier alpha value is -1.77. The summed E-state index contributed by atoms with van der Waals surface area (Å²) in [4.78, 5) is 37.6. The standard InChI is InChI=1S/C19H24N2O5S.ClH/c22-17-13(7-4-8-16-21(17)15(11-27-16)19(25)26)20-14(18(23)24)10-9-12-5-2-1-3-6-12;/h1-3,5-6,13-16,20H,4,7-11H2,(H,23,24)(H,25,26);1H/t13-,14?,15-,16+;/m0./s1. The summed E-state index contributed by atoms with van der Waals surface area (Å²) in [5, 5.41) is 21.9. The molecule has 1 amide bonds. The zero-order valence-electron chi connectivity index (χ0n) is 15.3. The Kier molecular flexibility index (Phi) is 8.15. The summed E-state index contributed by atoms with van der Waals surface area (Å²) in [7, 11) is 0. The third kappa shape index (κ3) is 5.18. The zero-order valence-corrected chi connectivity index (χ0v) is 17.0. The molecule has 1 aromatic carbocycles. The van der Waals surface area contributed by atoms with E-state index in [2.05, 4.69) is 5.32 Å². The summed E-state index contributed by atoms with van der Waals surface area (Å²) in [6.45, 7) is 0. The number of fused-ring (bicyclic) bond motifs is 1. The molecule has 0 spiro atoms. The number of hydrogen-bond acceptors (Lipinski definition) is 5. The molecule has 2 fully saturated rings. The van der Waals surface area contributed by atoms with Crippen molar-refractivity contribution in [3.05, 3.63) is 35.9 Å². The van der Waals surface area contributed by atoms with Crippen molar-refractivity contribution in [1.29, 1.82) is 0 Å². The van der Waals surface area contributed by atoms with Crippen LogP contribution in [0.25, 0.3) is 0 Å². The summed E-state index contributed by atoms with van der Waals surface area (Å²) in [6, 6.07) is 7.27. The van der Waals surface area contributed by atoms with Gasteiger partial charge in [0.2, 0.25) is 5.91 Å². The van der Waals surface area contributed by atoms with E-state index in [-0.39, 0.29) is 23.7 Å². The van der Waals surface area contributed by atoms with Crippen LogP contribution in [0.2, 0.25) is 0 Å². The first-order chi connectivity index (χ1) is 13.0. The van der Waals surface area contributed by atoms with E-state index in [9.17, 15) is 24.6 Å². The maximum atomic E-state index is 13.0. The molecule has 1 unspecified atom stereocenters. The van der Waals surface area contributed by atoms with Gasteiger partial charge in [-0.15, -0.1) is 24.2 Å². The topological polar surface area (TPSA) is 107 Å². The number of carbonyl (C=O) groups is 3. The number of benzene rings is 1. The number of rotatable bonds is 7. The van der Waals surface area contributed by atoms with E-state index >= 15 is 0 Å². The molecule has 4 atom stereocenters. The van der Waals surface area contributed by atoms with Crippen LogP contribution in [0.15, 0.2) is 30.3 Å². The lowest BCUT2D eigenvalue weighted by molar-refractivity contribution is -0.150. The molecule has 0 aromatic heterocycles. The van der Waals surface area contributed by atoms with Gasteiger partial charge in [0.15, 0.2) is 0 Å². The van der Waals surface area contributed by atoms with Gasteiger partial charge in [0.1, 0.15) is 12.1 Å². The maximum absolute atomic E-state index is 13.0. The first-order valence-electron chi connectivity index (χ1n) is 9.16. The second-order valence-electron chi connectivity index (χ2n) is 6.95. The van der Waals surface area contributed by atoms with Crippen molar-refractivity contribution in [3.8, 4) is 0 Å². The monoisotopic (exact) mass is 428 g/mol. The van der Waals surface area contributed by atoms with Crippen LogP contribution in [0.1, 0.15) is 31.2 Å². The Morgan fingerprint density at radius 3 is 2.57 bits per heavy atom. The lowest BCUT2D eigenvalue weighted by Gasteiger charge is -2.29. The molecule has 154 valence electrons. The van der Waals surface area contributed by atoms with Crippen molar-refractivity contribution >= 4 is 42.0 Å². The minimum absolute atomic E-state index is 0. The number of nitrogens with zero attached hydrogens (tertiary/aromatic N) is 1. The van der Waals surface area contributed by atoms with E-state index in [0.717, 1.165) is 18.4 Å². The minimum atomic E-state index is -1.00. The SMILES string of the molecule is Cl.O=C(O)C(CCc1ccccc1)N[C@H]1CCC[C@H]2SC[C@@H](C(=O)O)N2C1=O. The highest BCUT2D eigenvalue weighted by Crippen LogP contribution is 2.35. The van der Waals surface area contributed by atoms with Crippen molar-refractivity contribution in [2.24, 2.45) is 0 Å². The van der Waals surface area contributed by atoms with Crippen LogP contribution >= 0.6 is 24.2 Å². The third-order valence-electron chi connectivity index (χ3n) is 5.14. The Morgan fingerprint density at radius 1 is 1.21 bits per heavy atom. The molecule has 0 bridgehead atoms. The van der Waals surface area contributed by atoms with Gasteiger partial charge in [-0.1, -0.05) is 30.3 Å². The number of carboxylic acid groups (broad SMARTS) is 2. The average molecular weight is 429 g/mol. The Labute approximate surface area is 174 Å². The molecule has 0 radical (unpaired) electrons. The van der Waals surface area contributed by atoms with Crippen LogP contribution in [0, 0.1) is 0 Å². The summed E-state index contributed by atoms with van der Waals surface area (Å²) in [5.41, 5.74) is 1.04. The number of carboxylic acids is 2. The lowest BCUT2D eigenvalue weighted by Crippen LogP contribution is -2.55. The molecule has 1 aromatic rings. The highest BCUT2D eigenvalue weighted by Gasteiger charge is 2.45. The summed E-state index contributed by atoms with van der Waals surface area (Å²) < 4.78 is 0. The lowest BCUT2D eigenvalue weighted by atomic mass is 10.0. The average Bonchev–Trinajstić information content (AvgIpc) is 3.01. The van der Waals surface area contributed by atoms with Gasteiger partial charge < -0.3 is 15.1 Å². The molecule has 3 rings (SSSR count). The van der Waals surface area contributed by atoms with E-state index < -0.39 is 30.1 Å². The van der Waals surface area contributed by atoms with E-state index in [1.54, 1.807) is 0 Å². The Bertz CT molecular complexity index is 705. The third-order valence-corrected chi connectivity index (χ3v) is 6.49. The van der Waals surface area contributed by atoms with Crippen LogP contribution in [0.5, 0.6) is 0 Å². The van der Waals surface area contributed by atoms with Gasteiger partial charge in [-0.3, -0.25) is 14.9 Å². The normalized spacial score (nSPS) is 25.4. The van der Waals surface area contributed by atoms with E-state index in [1.165, 1.54) is 16.7 Å². The molecular weight excluding hydrogens is 404 g/mol. The van der Waals surface area contributed by atoms with E-state index in [1.807, 2.05) is 30.3 Å². The van der Waals surface area contributed by atoms with Crippen LogP contribution in [0.4, 0.5) is 0 Å². The molecule has 9 heteroatoms. The fourth-order valence-corrected chi connectivity index (χ4v) is 5.16. The van der Waals surface area contributed by atoms with Crippen molar-refractivity contribution in [3.63, 3.8) is 0 Å². The van der Waals surface area contributed by atoms with Gasteiger partial charge in [0, 0.05) is 5.75 Å². The van der Waals surface area contributed by atoms with Gasteiger partial charge in [-0.05, 0) is 37.7 Å². The second-order valence-corrected chi connectivity index (χ2v) is 8.16. The quantitative estimate of drug-likeness (QED) is 0.609. The van der Waals surface area contributed by atoms with Crippen molar-refractivity contribution < 1.29 is 24.6 Å². The first kappa shape index (κ1) is 22.5. The first-order valence-corrected chi connectivity index (χ1v) is 10.2. The van der Waals surface area contributed by atoms with Gasteiger partial charge in [-0.25, -0.2) is 4.79 Å². The number of halogens is 1. The van der Waals surface area contributed by atoms with Crippen LogP contribution in [-0.2, 0) is 20.8 Å². The smallest absolute Gasteiger partial charge is 0.327 e. The summed E-state index contributed by atoms with van der Waals surface area (Å²) in [5.74, 6) is -1.90. The van der Waals surface area contributed by atoms with Gasteiger partial charge >= 0.3 is 11.9 Å². The van der Waals surface area contributed by atoms with Gasteiger partial charge in [-0.2, -0.15) is 0 Å². The zero-order chi connectivity index (χ0) is 19.4. The number of carbonyl (C=O) groups excluding carboxylic acids is 1. The highest BCUT2D eigenvalue weighted by atomic mass is 35.5. The molecule has 28 heavy (non-hydrogen) atoms. The predicted molar refractivity (Wildman–Crippen MR) is 109 cm³/mol. The molecule has 2 aliphatic heterocycles. The fraction of sp³-hybridized carbons (Fsp3) is 0.526. The van der Waals surface area contributed by atoms with Crippen molar-refractivity contribution in [2.75, 3.05) is 5.75 Å². The number of aryl methyl sites for hydroxylation is 1. The van der Waals surface area contributed by atoms with Crippen LogP contribution in [0.3, 0.4) is 0 Å². The predicted octanol–water partition coefficient (Wildman–Crippen LogP) is 1.99. The fourth-order valence-electron chi connectivity index (χ4n) is 3.70. The highest BCUT2D eigenvalue weighted by molar-refractivity contribution is 8.00. The minimum Gasteiger partial charge on any atom is -0.480 e. The van der Waals surface area contributed by atoms with Gasteiger partial charge in [0.25, 0.3) is 0 Å². The van der Waals surface area contributed by atoms with Gasteiger partial charge in [0.05, 0.1) is 11.4 Å². The summed E-state index contributed by atoms with van der Waals surface area (Å²) in [6.07, 6.45) is 2.97. The molecule has 0 saturated carbocycles. The maximum Gasteiger partial charge on any atom is 0.327 e. The Balaban J connectivity index is 0.00000280. The number of nitrogens with one attached hydrogen (secondary N) is 1. The Morgan fingerprint density at radius 2 is 1.93 bits per heavy atom. The van der Waals surface area contributed by atoms with E-state index in [4.69, 9.17) is 0 Å². The van der Waals surface area contributed by atoms with Crippen molar-refractivity contribution in [1.82, 2.24) is 10.2 Å². The largest absolute Gasteiger partial charge is 0.480 e.